The minimum absolute atomic E-state index is 0.172. The minimum Gasteiger partial charge on any atom is -0.497 e. The first-order chi connectivity index (χ1) is 20.0. The quantitative estimate of drug-likeness (QED) is 0.166. The lowest BCUT2D eigenvalue weighted by atomic mass is 10.1. The molecule has 5 rings (SSSR count). The molecule has 1 aromatic heterocycles. The molecule has 0 bridgehead atoms. The number of hydrogen-bond acceptors (Lipinski definition) is 7. The van der Waals surface area contributed by atoms with Gasteiger partial charge < -0.3 is 20.1 Å². The van der Waals surface area contributed by atoms with Gasteiger partial charge in [0.05, 0.1) is 19.9 Å². The van der Waals surface area contributed by atoms with Crippen LogP contribution < -0.4 is 20.1 Å². The van der Waals surface area contributed by atoms with Crippen LogP contribution in [0.4, 0.5) is 10.8 Å². The molecule has 0 aliphatic carbocycles. The van der Waals surface area contributed by atoms with Crippen LogP contribution in [0.2, 0.25) is 0 Å². The summed E-state index contributed by atoms with van der Waals surface area (Å²) in [5.74, 6) is 1.07. The number of benzene rings is 4. The number of carbonyl (C=O) groups excluding carboxylic acids is 2. The lowest BCUT2D eigenvalue weighted by Crippen LogP contribution is -2.19. The second-order valence-corrected chi connectivity index (χ2v) is 10.9. The topological polar surface area (TPSA) is 89.5 Å². The van der Waals surface area contributed by atoms with E-state index in [-0.39, 0.29) is 11.8 Å². The summed E-state index contributed by atoms with van der Waals surface area (Å²) >= 11 is 2.81. The predicted molar refractivity (Wildman–Crippen MR) is 165 cm³/mol. The molecule has 0 aliphatic heterocycles. The molecule has 206 valence electrons. The van der Waals surface area contributed by atoms with Crippen LogP contribution in [0.3, 0.4) is 0 Å². The van der Waals surface area contributed by atoms with Gasteiger partial charge >= 0.3 is 0 Å². The Morgan fingerprint density at radius 2 is 1.41 bits per heavy atom. The number of ether oxygens (including phenoxy) is 2. The third-order valence-corrected chi connectivity index (χ3v) is 8.20. The van der Waals surface area contributed by atoms with Gasteiger partial charge in [0.15, 0.2) is 5.13 Å². The fraction of sp³-hybridized carbons (Fsp3) is 0.0938. The first-order valence-corrected chi connectivity index (χ1v) is 14.5. The van der Waals surface area contributed by atoms with Crippen LogP contribution >= 0.6 is 23.1 Å². The summed E-state index contributed by atoms with van der Waals surface area (Å²) in [6.45, 7) is 0. The molecule has 0 radical (unpaired) electrons. The number of rotatable bonds is 10. The van der Waals surface area contributed by atoms with Crippen molar-refractivity contribution in [1.82, 2.24) is 4.98 Å². The number of nitrogens with zero attached hydrogens (tertiary/aromatic N) is 1. The largest absolute Gasteiger partial charge is 0.497 e. The van der Waals surface area contributed by atoms with Crippen molar-refractivity contribution >= 4 is 45.7 Å². The lowest BCUT2D eigenvalue weighted by Gasteiger charge is -2.16. The number of methoxy groups -OCH3 is 2. The maximum Gasteiger partial charge on any atom is 0.255 e. The smallest absolute Gasteiger partial charge is 0.255 e. The highest BCUT2D eigenvalue weighted by atomic mass is 32.2. The van der Waals surface area contributed by atoms with Gasteiger partial charge in [-0.2, -0.15) is 0 Å². The Morgan fingerprint density at radius 1 is 0.780 bits per heavy atom. The van der Waals surface area contributed by atoms with Crippen LogP contribution in [0.1, 0.15) is 21.2 Å². The summed E-state index contributed by atoms with van der Waals surface area (Å²) in [4.78, 5) is 31.6. The third kappa shape index (κ3) is 7.13. The Bertz CT molecular complexity index is 1600. The number of anilines is 2. The Balaban J connectivity index is 1.27. The number of carbonyl (C=O) groups is 2. The second-order valence-electron chi connectivity index (χ2n) is 8.87. The van der Waals surface area contributed by atoms with E-state index in [2.05, 4.69) is 15.6 Å². The van der Waals surface area contributed by atoms with E-state index < -0.39 is 5.25 Å². The summed E-state index contributed by atoms with van der Waals surface area (Å²) < 4.78 is 10.4. The molecule has 1 atom stereocenters. The number of amides is 2. The van der Waals surface area contributed by atoms with Crippen molar-refractivity contribution in [1.29, 1.82) is 0 Å². The van der Waals surface area contributed by atoms with Crippen molar-refractivity contribution in [2.24, 2.45) is 0 Å². The van der Waals surface area contributed by atoms with Gasteiger partial charge in [0.25, 0.3) is 5.91 Å². The van der Waals surface area contributed by atoms with Crippen molar-refractivity contribution in [3.8, 4) is 22.8 Å². The molecule has 4 aromatic carbocycles. The molecule has 2 amide bonds. The SMILES string of the molecule is COc1ccc(C(=O)Nc2ccc(SC(C(=O)Nc3nc(-c4ccc(OC)cc4)cs3)c3ccccc3)cc2)cc1. The molecule has 1 heterocycles. The minimum atomic E-state index is -0.510. The fourth-order valence-electron chi connectivity index (χ4n) is 4.00. The van der Waals surface area contributed by atoms with Crippen molar-refractivity contribution in [2.45, 2.75) is 10.1 Å². The van der Waals surface area contributed by atoms with Crippen molar-refractivity contribution < 1.29 is 19.1 Å². The Labute approximate surface area is 246 Å². The van der Waals surface area contributed by atoms with E-state index in [1.807, 2.05) is 84.2 Å². The van der Waals surface area contributed by atoms with E-state index in [9.17, 15) is 9.59 Å². The van der Waals surface area contributed by atoms with Gasteiger partial charge in [0.1, 0.15) is 16.7 Å². The third-order valence-electron chi connectivity index (χ3n) is 6.18. The van der Waals surface area contributed by atoms with Crippen LogP contribution in [-0.4, -0.2) is 31.0 Å². The van der Waals surface area contributed by atoms with Gasteiger partial charge in [-0.1, -0.05) is 30.3 Å². The molecule has 0 aliphatic rings. The van der Waals surface area contributed by atoms with E-state index in [1.165, 1.54) is 23.1 Å². The van der Waals surface area contributed by atoms with E-state index >= 15 is 0 Å². The summed E-state index contributed by atoms with van der Waals surface area (Å²) in [6, 6.07) is 31.6. The highest BCUT2D eigenvalue weighted by molar-refractivity contribution is 8.00. The van der Waals surface area contributed by atoms with Crippen LogP contribution in [-0.2, 0) is 4.79 Å². The number of hydrogen-bond donors (Lipinski definition) is 2. The zero-order valence-electron chi connectivity index (χ0n) is 22.4. The highest BCUT2D eigenvalue weighted by Gasteiger charge is 2.23. The molecule has 0 saturated carbocycles. The van der Waals surface area contributed by atoms with Crippen LogP contribution in [0.5, 0.6) is 11.5 Å². The number of nitrogens with one attached hydrogen (secondary N) is 2. The molecule has 0 spiro atoms. The number of thioether (sulfide) groups is 1. The normalized spacial score (nSPS) is 11.4. The van der Waals surface area contributed by atoms with E-state index in [0.29, 0.717) is 22.1 Å². The summed E-state index contributed by atoms with van der Waals surface area (Å²) in [7, 11) is 3.21. The Morgan fingerprint density at radius 3 is 2.05 bits per heavy atom. The molecule has 0 saturated heterocycles. The van der Waals surface area contributed by atoms with Crippen LogP contribution in [0, 0.1) is 0 Å². The van der Waals surface area contributed by atoms with E-state index in [0.717, 1.165) is 27.5 Å². The second kappa shape index (κ2) is 13.2. The molecular weight excluding hydrogens is 555 g/mol. The maximum absolute atomic E-state index is 13.5. The standard InChI is InChI=1S/C32H27N3O4S2/c1-38-25-14-8-21(9-15-25)28-20-40-32(34-28)35-31(37)29(22-6-4-3-5-7-22)41-27-18-12-24(13-19-27)33-30(36)23-10-16-26(39-2)17-11-23/h3-20,29H,1-2H3,(H,33,36)(H,34,35,37). The number of thiazole rings is 1. The molecule has 7 nitrogen and oxygen atoms in total. The van der Waals surface area contributed by atoms with Gasteiger partial charge in [-0.05, 0) is 78.4 Å². The number of aromatic nitrogens is 1. The molecule has 1 unspecified atom stereocenters. The first kappa shape index (κ1) is 27.9. The summed E-state index contributed by atoms with van der Waals surface area (Å²) in [6.07, 6.45) is 0. The van der Waals surface area contributed by atoms with Gasteiger partial charge in [-0.15, -0.1) is 23.1 Å². The zero-order chi connectivity index (χ0) is 28.6. The molecule has 0 fully saturated rings. The zero-order valence-corrected chi connectivity index (χ0v) is 24.0. The molecule has 2 N–H and O–H groups in total. The van der Waals surface area contributed by atoms with Crippen molar-refractivity contribution in [3.63, 3.8) is 0 Å². The van der Waals surface area contributed by atoms with Crippen LogP contribution in [0.15, 0.2) is 113 Å². The van der Waals surface area contributed by atoms with Crippen molar-refractivity contribution in [2.75, 3.05) is 24.9 Å². The van der Waals surface area contributed by atoms with Crippen molar-refractivity contribution in [3.05, 3.63) is 120 Å². The average molecular weight is 582 g/mol. The monoisotopic (exact) mass is 581 g/mol. The van der Waals surface area contributed by atoms with Gasteiger partial charge in [-0.25, -0.2) is 4.98 Å². The Hall–Kier alpha value is -4.60. The van der Waals surface area contributed by atoms with Gasteiger partial charge in [0.2, 0.25) is 5.91 Å². The maximum atomic E-state index is 13.5. The molecule has 41 heavy (non-hydrogen) atoms. The first-order valence-electron chi connectivity index (χ1n) is 12.7. The lowest BCUT2D eigenvalue weighted by molar-refractivity contribution is -0.115. The Kier molecular flexibility index (Phi) is 8.98. The average Bonchev–Trinajstić information content (AvgIpc) is 3.49. The molecule has 9 heteroatoms. The summed E-state index contributed by atoms with van der Waals surface area (Å²) in [5.41, 5.74) is 3.78. The van der Waals surface area contributed by atoms with E-state index in [1.54, 1.807) is 38.5 Å². The fourth-order valence-corrected chi connectivity index (χ4v) is 5.74. The van der Waals surface area contributed by atoms with E-state index in [4.69, 9.17) is 9.47 Å². The van der Waals surface area contributed by atoms with Crippen LogP contribution in [0.25, 0.3) is 11.3 Å². The molecule has 5 aromatic rings. The molecular formula is C32H27N3O4S2. The highest BCUT2D eigenvalue weighted by Crippen LogP contribution is 2.37. The summed E-state index contributed by atoms with van der Waals surface area (Å²) in [5, 5.41) is 7.83. The predicted octanol–water partition coefficient (Wildman–Crippen LogP) is 7.55. The van der Waals surface area contributed by atoms with Gasteiger partial charge in [0, 0.05) is 27.1 Å². The van der Waals surface area contributed by atoms with Gasteiger partial charge in [-0.3, -0.25) is 9.59 Å².